The minimum atomic E-state index is -4.43. The van der Waals surface area contributed by atoms with Crippen molar-refractivity contribution in [3.8, 4) is 5.19 Å². The first-order valence-electron chi connectivity index (χ1n) is 2.65. The maximum Gasteiger partial charge on any atom is 0.445 e. The van der Waals surface area contributed by atoms with Crippen molar-refractivity contribution in [1.29, 1.82) is 0 Å². The van der Waals surface area contributed by atoms with E-state index in [0.717, 1.165) is 12.0 Å². The molecule has 0 aliphatic heterocycles. The van der Waals surface area contributed by atoms with E-state index in [9.17, 15) is 13.2 Å². The lowest BCUT2D eigenvalue weighted by atomic mass is 10.7. The van der Waals surface area contributed by atoms with Crippen molar-refractivity contribution in [1.82, 2.24) is 10.2 Å². The van der Waals surface area contributed by atoms with Gasteiger partial charge < -0.3 is 4.18 Å². The summed E-state index contributed by atoms with van der Waals surface area (Å²) in [5.74, 6) is 0. The molecule has 0 radical (unpaired) electrons. The Kier molecular flexibility index (Phi) is 2.78. The van der Waals surface area contributed by atoms with E-state index in [1.807, 2.05) is 0 Å². The first-order valence-corrected chi connectivity index (χ1v) is 4.62. The van der Waals surface area contributed by atoms with E-state index in [2.05, 4.69) is 14.4 Å². The summed E-state index contributed by atoms with van der Waals surface area (Å²) in [4.78, 5) is 0. The predicted molar refractivity (Wildman–Crippen MR) is 39.1 cm³/mol. The van der Waals surface area contributed by atoms with Gasteiger partial charge in [-0.2, -0.15) is 13.2 Å². The smallest absolute Gasteiger partial charge is 0.395 e. The molecule has 0 unspecified atom stereocenters. The fourth-order valence-electron chi connectivity index (χ4n) is 0.429. The van der Waals surface area contributed by atoms with Gasteiger partial charge in [-0.1, -0.05) is 5.10 Å². The van der Waals surface area contributed by atoms with Crippen molar-refractivity contribution < 1.29 is 17.4 Å². The summed E-state index contributed by atoms with van der Waals surface area (Å²) < 4.78 is 40.3. The van der Waals surface area contributed by atoms with E-state index >= 15 is 0 Å². The number of rotatable bonds is 2. The molecule has 0 aliphatic carbocycles. The first kappa shape index (κ1) is 9.59. The predicted octanol–water partition coefficient (Wildman–Crippen LogP) is 2.21. The molecule has 0 spiro atoms. The van der Waals surface area contributed by atoms with Crippen LogP contribution >= 0.6 is 23.4 Å². The van der Waals surface area contributed by atoms with Crippen LogP contribution in [0.3, 0.4) is 0 Å². The highest BCUT2D eigenvalue weighted by atomic mass is 32.2. The Morgan fingerprint density at radius 3 is 2.50 bits per heavy atom. The first-order chi connectivity index (χ1) is 5.54. The zero-order valence-corrected chi connectivity index (χ0v) is 7.39. The molecule has 0 bridgehead atoms. The molecular weight excluding hydrogens is 213 g/mol. The van der Waals surface area contributed by atoms with Crippen molar-refractivity contribution in [2.24, 2.45) is 0 Å². The van der Waals surface area contributed by atoms with Crippen molar-refractivity contribution in [2.45, 2.75) is 6.18 Å². The molecule has 3 nitrogen and oxygen atoms in total. The standard InChI is InChI=1S/C4H3F3N2OS2/c1-11-10-3-9-8-2(12-3)4(5,6)7/h1H3. The summed E-state index contributed by atoms with van der Waals surface area (Å²) in [5, 5.41) is 5.01. The van der Waals surface area contributed by atoms with Gasteiger partial charge in [-0.3, -0.25) is 0 Å². The summed E-state index contributed by atoms with van der Waals surface area (Å²) in [6.07, 6.45) is -2.85. The van der Waals surface area contributed by atoms with Crippen LogP contribution in [0.4, 0.5) is 13.2 Å². The average Bonchev–Trinajstić information content (AvgIpc) is 2.35. The maximum absolute atomic E-state index is 11.9. The fourth-order valence-corrected chi connectivity index (χ4v) is 1.39. The number of hydrogen-bond donors (Lipinski definition) is 0. The monoisotopic (exact) mass is 216 g/mol. The second kappa shape index (κ2) is 3.48. The van der Waals surface area contributed by atoms with E-state index < -0.39 is 11.2 Å². The van der Waals surface area contributed by atoms with Crippen LogP contribution in [0.25, 0.3) is 0 Å². The number of hydrogen-bond acceptors (Lipinski definition) is 5. The Hall–Kier alpha value is -0.500. The summed E-state index contributed by atoms with van der Waals surface area (Å²) in [6.45, 7) is 0. The van der Waals surface area contributed by atoms with E-state index in [1.54, 1.807) is 6.26 Å². The van der Waals surface area contributed by atoms with Gasteiger partial charge in [-0.05, 0) is 11.3 Å². The van der Waals surface area contributed by atoms with Gasteiger partial charge in [-0.15, -0.1) is 5.10 Å². The molecule has 1 rings (SSSR count). The zero-order valence-electron chi connectivity index (χ0n) is 5.75. The highest BCUT2D eigenvalue weighted by Gasteiger charge is 2.35. The molecule has 0 amide bonds. The topological polar surface area (TPSA) is 35.0 Å². The molecule has 0 atom stereocenters. The summed E-state index contributed by atoms with van der Waals surface area (Å²) in [6, 6.07) is 0. The molecule has 68 valence electrons. The van der Waals surface area contributed by atoms with Crippen LogP contribution in [0.15, 0.2) is 0 Å². The van der Waals surface area contributed by atoms with Crippen LogP contribution in [0.5, 0.6) is 5.19 Å². The molecule has 0 N–H and O–H groups in total. The highest BCUT2D eigenvalue weighted by molar-refractivity contribution is 7.94. The second-order valence-corrected chi connectivity index (χ2v) is 3.06. The van der Waals surface area contributed by atoms with Crippen LogP contribution in [0.2, 0.25) is 0 Å². The molecular formula is C4H3F3N2OS2. The molecule has 1 aromatic heterocycles. The van der Waals surface area contributed by atoms with Crippen LogP contribution in [0, 0.1) is 0 Å². The van der Waals surface area contributed by atoms with Crippen LogP contribution in [-0.4, -0.2) is 16.5 Å². The lowest BCUT2D eigenvalue weighted by Crippen LogP contribution is -2.03. The van der Waals surface area contributed by atoms with Gasteiger partial charge in [0.15, 0.2) is 0 Å². The SMILES string of the molecule is CSOc1nnc(C(F)(F)F)s1. The summed E-state index contributed by atoms with van der Waals surface area (Å²) >= 11 is 1.29. The van der Waals surface area contributed by atoms with Gasteiger partial charge in [0.2, 0.25) is 5.01 Å². The quantitative estimate of drug-likeness (QED) is 0.710. The van der Waals surface area contributed by atoms with E-state index in [-0.39, 0.29) is 5.19 Å². The molecule has 0 aliphatic rings. The minimum Gasteiger partial charge on any atom is -0.395 e. The molecule has 8 heteroatoms. The number of aromatic nitrogens is 2. The van der Waals surface area contributed by atoms with Gasteiger partial charge in [0, 0.05) is 6.26 Å². The van der Waals surface area contributed by atoms with Gasteiger partial charge >= 0.3 is 11.4 Å². The molecule has 12 heavy (non-hydrogen) atoms. The second-order valence-electron chi connectivity index (χ2n) is 1.62. The Balaban J connectivity index is 2.77. The van der Waals surface area contributed by atoms with Gasteiger partial charge in [0.1, 0.15) is 0 Å². The molecule has 1 heterocycles. The molecule has 0 saturated heterocycles. The third kappa shape index (κ3) is 2.24. The van der Waals surface area contributed by atoms with E-state index in [4.69, 9.17) is 0 Å². The van der Waals surface area contributed by atoms with Crippen molar-refractivity contribution in [3.05, 3.63) is 5.01 Å². The van der Waals surface area contributed by atoms with Gasteiger partial charge in [-0.25, -0.2) is 0 Å². The van der Waals surface area contributed by atoms with Crippen LogP contribution in [-0.2, 0) is 6.18 Å². The number of halogens is 3. The molecule has 0 fully saturated rings. The summed E-state index contributed by atoms with van der Waals surface area (Å²) in [5.41, 5.74) is 0. The molecule has 0 saturated carbocycles. The van der Waals surface area contributed by atoms with Crippen molar-refractivity contribution in [3.63, 3.8) is 0 Å². The Morgan fingerprint density at radius 2 is 2.08 bits per heavy atom. The Labute approximate surface area is 74.2 Å². The lowest BCUT2D eigenvalue weighted by molar-refractivity contribution is -0.138. The van der Waals surface area contributed by atoms with Crippen LogP contribution < -0.4 is 4.18 Å². The molecule has 0 aromatic carbocycles. The van der Waals surface area contributed by atoms with E-state index in [1.165, 1.54) is 0 Å². The van der Waals surface area contributed by atoms with E-state index in [0.29, 0.717) is 11.3 Å². The zero-order chi connectivity index (χ0) is 9.19. The minimum absolute atomic E-state index is 0.0881. The maximum atomic E-state index is 11.9. The normalized spacial score (nSPS) is 11.7. The largest absolute Gasteiger partial charge is 0.445 e. The van der Waals surface area contributed by atoms with Crippen molar-refractivity contribution >= 4 is 23.4 Å². The number of nitrogens with zero attached hydrogens (tertiary/aromatic N) is 2. The van der Waals surface area contributed by atoms with Crippen molar-refractivity contribution in [2.75, 3.05) is 6.26 Å². The summed E-state index contributed by atoms with van der Waals surface area (Å²) in [7, 11) is 0. The fraction of sp³-hybridized carbons (Fsp3) is 0.500. The Morgan fingerprint density at radius 1 is 1.42 bits per heavy atom. The van der Waals surface area contributed by atoms with Gasteiger partial charge in [0.25, 0.3) is 0 Å². The lowest BCUT2D eigenvalue weighted by Gasteiger charge is -1.97. The van der Waals surface area contributed by atoms with Gasteiger partial charge in [0.05, 0.1) is 12.0 Å². The third-order valence-electron chi connectivity index (χ3n) is 0.804. The Bertz CT molecular complexity index is 261. The average molecular weight is 216 g/mol. The third-order valence-corrected chi connectivity index (χ3v) is 2.08. The van der Waals surface area contributed by atoms with Crippen LogP contribution in [0.1, 0.15) is 5.01 Å². The highest BCUT2D eigenvalue weighted by Crippen LogP contribution is 2.34. The number of alkyl halides is 3. The molecule has 1 aromatic rings.